The highest BCUT2D eigenvalue weighted by Gasteiger charge is 2.20. The van der Waals surface area contributed by atoms with Crippen LogP contribution < -0.4 is 5.32 Å². The Balaban J connectivity index is 2.55. The van der Waals surface area contributed by atoms with Crippen molar-refractivity contribution in [3.8, 4) is 0 Å². The van der Waals surface area contributed by atoms with E-state index in [0.717, 1.165) is 19.3 Å². The van der Waals surface area contributed by atoms with Crippen LogP contribution in [0.25, 0.3) is 0 Å². The van der Waals surface area contributed by atoms with Gasteiger partial charge in [0.1, 0.15) is 6.10 Å². The minimum Gasteiger partial charge on any atom is -0.372 e. The van der Waals surface area contributed by atoms with Crippen molar-refractivity contribution in [2.45, 2.75) is 52.1 Å². The molecule has 2 unspecified atom stereocenters. The molecular weight excluding hydrogens is 286 g/mol. The third-order valence-electron chi connectivity index (χ3n) is 3.82. The lowest BCUT2D eigenvalue weighted by Crippen LogP contribution is -2.30. The normalized spacial score (nSPS) is 13.7. The van der Waals surface area contributed by atoms with E-state index in [-0.39, 0.29) is 5.91 Å². The predicted molar refractivity (Wildman–Crippen MR) is 88.8 cm³/mol. The van der Waals surface area contributed by atoms with E-state index in [1.165, 1.54) is 12.8 Å². The first-order valence-electron chi connectivity index (χ1n) is 7.70. The van der Waals surface area contributed by atoms with Gasteiger partial charge in [-0.25, -0.2) is 0 Å². The van der Waals surface area contributed by atoms with Gasteiger partial charge in [-0.1, -0.05) is 56.8 Å². The molecule has 0 aliphatic rings. The fraction of sp³-hybridized carbons (Fsp3) is 0.588. The molecule has 0 saturated carbocycles. The molecule has 0 aliphatic heterocycles. The fourth-order valence-corrected chi connectivity index (χ4v) is 2.66. The third-order valence-corrected chi connectivity index (χ3v) is 4.15. The second kappa shape index (κ2) is 9.80. The van der Waals surface area contributed by atoms with Crippen LogP contribution in [0.2, 0.25) is 5.02 Å². The van der Waals surface area contributed by atoms with Crippen molar-refractivity contribution in [3.63, 3.8) is 0 Å². The molecule has 0 radical (unpaired) electrons. The molecule has 0 bridgehead atoms. The number of nitrogens with one attached hydrogen (secondary N) is 1. The monoisotopic (exact) mass is 311 g/mol. The first-order chi connectivity index (χ1) is 10.1. The molecule has 0 fully saturated rings. The molecule has 1 N–H and O–H groups in total. The molecule has 118 valence electrons. The number of hydrogen-bond acceptors (Lipinski definition) is 2. The van der Waals surface area contributed by atoms with Crippen molar-refractivity contribution >= 4 is 23.2 Å². The van der Waals surface area contributed by atoms with Gasteiger partial charge >= 0.3 is 0 Å². The largest absolute Gasteiger partial charge is 0.372 e. The van der Waals surface area contributed by atoms with E-state index in [0.29, 0.717) is 16.6 Å². The molecule has 3 nitrogen and oxygen atoms in total. The van der Waals surface area contributed by atoms with Crippen molar-refractivity contribution in [3.05, 3.63) is 29.3 Å². The highest BCUT2D eigenvalue weighted by molar-refractivity contribution is 6.33. The summed E-state index contributed by atoms with van der Waals surface area (Å²) in [5.41, 5.74) is 0.631. The van der Waals surface area contributed by atoms with Crippen LogP contribution in [0.1, 0.15) is 46.0 Å². The maximum Gasteiger partial charge on any atom is 0.253 e. The molecule has 2 atom stereocenters. The summed E-state index contributed by atoms with van der Waals surface area (Å²) in [6, 6.07) is 7.23. The molecule has 1 aromatic rings. The summed E-state index contributed by atoms with van der Waals surface area (Å²) in [4.78, 5) is 12.3. The zero-order valence-corrected chi connectivity index (χ0v) is 14.0. The molecule has 21 heavy (non-hydrogen) atoms. The Kier molecular flexibility index (Phi) is 8.40. The van der Waals surface area contributed by atoms with Gasteiger partial charge in [0.2, 0.25) is 0 Å². The van der Waals surface area contributed by atoms with Crippen LogP contribution in [-0.4, -0.2) is 19.1 Å². The van der Waals surface area contributed by atoms with E-state index in [4.69, 9.17) is 16.3 Å². The third kappa shape index (κ3) is 6.06. The van der Waals surface area contributed by atoms with Crippen LogP contribution in [0.4, 0.5) is 5.69 Å². The number of carbonyl (C=O) groups is 1. The number of methoxy groups -OCH3 is 1. The summed E-state index contributed by atoms with van der Waals surface area (Å²) >= 11 is 6.05. The van der Waals surface area contributed by atoms with Gasteiger partial charge in [-0.3, -0.25) is 4.79 Å². The average Bonchev–Trinajstić information content (AvgIpc) is 2.49. The Morgan fingerprint density at radius 2 is 1.95 bits per heavy atom. The number of amides is 1. The van der Waals surface area contributed by atoms with Crippen LogP contribution in [0.15, 0.2) is 24.3 Å². The van der Waals surface area contributed by atoms with Gasteiger partial charge in [0.05, 0.1) is 10.7 Å². The molecule has 0 aliphatic carbocycles. The van der Waals surface area contributed by atoms with Crippen molar-refractivity contribution in [2.24, 2.45) is 5.92 Å². The lowest BCUT2D eigenvalue weighted by Gasteiger charge is -2.19. The first kappa shape index (κ1) is 18.0. The lowest BCUT2D eigenvalue weighted by atomic mass is 9.94. The van der Waals surface area contributed by atoms with Crippen molar-refractivity contribution < 1.29 is 9.53 Å². The van der Waals surface area contributed by atoms with Crippen LogP contribution in [-0.2, 0) is 9.53 Å². The van der Waals surface area contributed by atoms with E-state index in [2.05, 4.69) is 19.2 Å². The van der Waals surface area contributed by atoms with E-state index in [9.17, 15) is 4.79 Å². The van der Waals surface area contributed by atoms with Gasteiger partial charge in [0, 0.05) is 7.11 Å². The summed E-state index contributed by atoms with van der Waals surface area (Å²) in [5.74, 6) is 0.540. The highest BCUT2D eigenvalue weighted by Crippen LogP contribution is 2.22. The molecule has 0 aromatic heterocycles. The Morgan fingerprint density at radius 1 is 1.24 bits per heavy atom. The first-order valence-corrected chi connectivity index (χ1v) is 8.08. The maximum atomic E-state index is 12.3. The number of para-hydroxylation sites is 1. The minimum atomic E-state index is -0.424. The number of halogens is 1. The standard InChI is InChI=1S/C17H26ClNO2/c1-4-8-13(5-2)11-12-16(21-3)17(20)19-15-10-7-6-9-14(15)18/h6-7,9-10,13,16H,4-5,8,11-12H2,1-3H3,(H,19,20). The summed E-state index contributed by atoms with van der Waals surface area (Å²) in [5, 5.41) is 3.38. The van der Waals surface area contributed by atoms with Gasteiger partial charge in [-0.05, 0) is 30.9 Å². The molecule has 0 spiro atoms. The Morgan fingerprint density at radius 3 is 2.52 bits per heavy atom. The highest BCUT2D eigenvalue weighted by atomic mass is 35.5. The number of benzene rings is 1. The molecule has 1 rings (SSSR count). The summed E-state index contributed by atoms with van der Waals surface area (Å²) < 4.78 is 5.34. The van der Waals surface area contributed by atoms with Crippen molar-refractivity contribution in [1.29, 1.82) is 0 Å². The number of anilines is 1. The lowest BCUT2D eigenvalue weighted by molar-refractivity contribution is -0.126. The Hall–Kier alpha value is -1.06. The molecule has 1 aromatic carbocycles. The molecule has 0 heterocycles. The Bertz CT molecular complexity index is 437. The Labute approximate surface area is 133 Å². The van der Waals surface area contributed by atoms with Gasteiger partial charge in [-0.2, -0.15) is 0 Å². The fourth-order valence-electron chi connectivity index (χ4n) is 2.48. The summed E-state index contributed by atoms with van der Waals surface area (Å²) in [6.45, 7) is 4.40. The molecule has 1 amide bonds. The molecular formula is C17H26ClNO2. The van der Waals surface area contributed by atoms with E-state index in [1.807, 2.05) is 12.1 Å². The van der Waals surface area contributed by atoms with Gasteiger partial charge in [0.15, 0.2) is 0 Å². The summed E-state index contributed by atoms with van der Waals surface area (Å²) in [6.07, 6.45) is 4.87. The van der Waals surface area contributed by atoms with Gasteiger partial charge < -0.3 is 10.1 Å². The van der Waals surface area contributed by atoms with E-state index >= 15 is 0 Å². The zero-order chi connectivity index (χ0) is 15.7. The van der Waals surface area contributed by atoms with Crippen LogP contribution in [0, 0.1) is 5.92 Å². The maximum absolute atomic E-state index is 12.3. The van der Waals surface area contributed by atoms with Crippen LogP contribution >= 0.6 is 11.6 Å². The second-order valence-electron chi connectivity index (χ2n) is 5.33. The van der Waals surface area contributed by atoms with E-state index in [1.54, 1.807) is 19.2 Å². The smallest absolute Gasteiger partial charge is 0.253 e. The number of carbonyl (C=O) groups excluding carboxylic acids is 1. The zero-order valence-electron chi connectivity index (χ0n) is 13.2. The van der Waals surface area contributed by atoms with Crippen molar-refractivity contribution in [1.82, 2.24) is 0 Å². The average molecular weight is 312 g/mol. The summed E-state index contributed by atoms with van der Waals surface area (Å²) in [7, 11) is 1.58. The number of rotatable bonds is 9. The SMILES string of the molecule is CCCC(CC)CCC(OC)C(=O)Nc1ccccc1Cl. The van der Waals surface area contributed by atoms with Gasteiger partial charge in [-0.15, -0.1) is 0 Å². The van der Waals surface area contributed by atoms with Crippen molar-refractivity contribution in [2.75, 3.05) is 12.4 Å². The number of ether oxygens (including phenoxy) is 1. The quantitative estimate of drug-likeness (QED) is 0.704. The predicted octanol–water partition coefficient (Wildman–Crippen LogP) is 4.90. The van der Waals surface area contributed by atoms with E-state index < -0.39 is 6.10 Å². The number of hydrogen-bond donors (Lipinski definition) is 1. The van der Waals surface area contributed by atoms with Crippen LogP contribution in [0.3, 0.4) is 0 Å². The minimum absolute atomic E-state index is 0.128. The molecule has 4 heteroatoms. The molecule has 0 saturated heterocycles. The van der Waals surface area contributed by atoms with Crippen LogP contribution in [0.5, 0.6) is 0 Å². The second-order valence-corrected chi connectivity index (χ2v) is 5.74. The van der Waals surface area contributed by atoms with Gasteiger partial charge in [0.25, 0.3) is 5.91 Å². The topological polar surface area (TPSA) is 38.3 Å².